The highest BCUT2D eigenvalue weighted by molar-refractivity contribution is 6.03. The summed E-state index contributed by atoms with van der Waals surface area (Å²) in [7, 11) is 0. The zero-order valence-electron chi connectivity index (χ0n) is 19.1. The fourth-order valence-corrected chi connectivity index (χ4v) is 3.97. The van der Waals surface area contributed by atoms with Gasteiger partial charge >= 0.3 is 0 Å². The Kier molecular flexibility index (Phi) is 6.53. The van der Waals surface area contributed by atoms with Gasteiger partial charge in [0.05, 0.1) is 16.8 Å². The minimum atomic E-state index is -0.497. The predicted molar refractivity (Wildman–Crippen MR) is 130 cm³/mol. The predicted octanol–water partition coefficient (Wildman–Crippen LogP) is 2.68. The highest BCUT2D eigenvalue weighted by Gasteiger charge is 2.16. The molecule has 0 saturated carbocycles. The number of hydrogen-bond donors (Lipinski definition) is 3. The lowest BCUT2D eigenvalue weighted by Crippen LogP contribution is -2.28. The Balaban J connectivity index is 1.47. The number of amides is 3. The van der Waals surface area contributed by atoms with Crippen molar-refractivity contribution in [3.8, 4) is 0 Å². The van der Waals surface area contributed by atoms with Crippen LogP contribution >= 0.6 is 0 Å². The Labute approximate surface area is 196 Å². The van der Waals surface area contributed by atoms with E-state index in [9.17, 15) is 14.4 Å². The summed E-state index contributed by atoms with van der Waals surface area (Å²) in [4.78, 5) is 40.8. The lowest BCUT2D eigenvalue weighted by molar-refractivity contribution is -0.118. The molecule has 0 aliphatic carbocycles. The van der Waals surface area contributed by atoms with Crippen LogP contribution in [0.25, 0.3) is 16.6 Å². The van der Waals surface area contributed by atoms with Crippen LogP contribution in [0.2, 0.25) is 0 Å². The molecule has 3 amide bonds. The highest BCUT2D eigenvalue weighted by atomic mass is 16.2. The standard InChI is InChI=1S/C25H26N6O3/c1-15-17(16(2)31-24(28-15)18-7-3-6-10-21(18)30-31)11-12-23(33)29-20-9-5-4-8-19(20)25(34)27-14-13-22(26)32/h3-10H,11-14H2,1-2H3,(H2,26,32)(H,27,34)(H,29,33). The van der Waals surface area contributed by atoms with Crippen molar-refractivity contribution >= 4 is 40.0 Å². The summed E-state index contributed by atoms with van der Waals surface area (Å²) < 4.78 is 1.83. The first-order valence-electron chi connectivity index (χ1n) is 11.0. The van der Waals surface area contributed by atoms with Crippen molar-refractivity contribution in [2.45, 2.75) is 33.1 Å². The number of nitrogens with two attached hydrogens (primary N) is 1. The van der Waals surface area contributed by atoms with Crippen LogP contribution in [0.1, 0.15) is 40.2 Å². The number of nitrogens with one attached hydrogen (secondary N) is 2. The number of nitrogens with zero attached hydrogens (tertiary/aromatic N) is 3. The van der Waals surface area contributed by atoms with E-state index in [0.717, 1.165) is 33.5 Å². The van der Waals surface area contributed by atoms with Gasteiger partial charge in [0.2, 0.25) is 11.8 Å². The van der Waals surface area contributed by atoms with Crippen LogP contribution in [0.15, 0.2) is 48.5 Å². The molecule has 0 unspecified atom stereocenters. The number of carbonyl (C=O) groups excluding carboxylic acids is 3. The number of anilines is 1. The largest absolute Gasteiger partial charge is 0.370 e. The van der Waals surface area contributed by atoms with Crippen molar-refractivity contribution in [1.82, 2.24) is 19.9 Å². The fraction of sp³-hybridized carbons (Fsp3) is 0.240. The number of fused-ring (bicyclic) bond motifs is 3. The maximum absolute atomic E-state index is 12.7. The van der Waals surface area contributed by atoms with E-state index < -0.39 is 5.91 Å². The van der Waals surface area contributed by atoms with Gasteiger partial charge in [-0.05, 0) is 50.1 Å². The number of aromatic nitrogens is 3. The number of aryl methyl sites for hydroxylation is 2. The number of hydrogen-bond acceptors (Lipinski definition) is 5. The molecule has 0 bridgehead atoms. The molecule has 0 atom stereocenters. The smallest absolute Gasteiger partial charge is 0.253 e. The first-order valence-corrected chi connectivity index (χ1v) is 11.0. The monoisotopic (exact) mass is 458 g/mol. The van der Waals surface area contributed by atoms with Crippen molar-refractivity contribution in [2.24, 2.45) is 5.73 Å². The Morgan fingerprint density at radius 1 is 1.00 bits per heavy atom. The van der Waals surface area contributed by atoms with Gasteiger partial charge in [-0.2, -0.15) is 5.10 Å². The van der Waals surface area contributed by atoms with Gasteiger partial charge in [0.1, 0.15) is 0 Å². The number of rotatable bonds is 8. The molecule has 2 aromatic heterocycles. The zero-order chi connectivity index (χ0) is 24.2. The van der Waals surface area contributed by atoms with Crippen LogP contribution in [0.5, 0.6) is 0 Å². The number of carbonyl (C=O) groups is 3. The molecular weight excluding hydrogens is 432 g/mol. The Hall–Kier alpha value is -4.27. The van der Waals surface area contributed by atoms with Gasteiger partial charge in [-0.25, -0.2) is 9.50 Å². The number of benzene rings is 2. The third-order valence-electron chi connectivity index (χ3n) is 5.72. The highest BCUT2D eigenvalue weighted by Crippen LogP contribution is 2.23. The van der Waals surface area contributed by atoms with Gasteiger partial charge in [0, 0.05) is 36.2 Å². The van der Waals surface area contributed by atoms with Gasteiger partial charge in [-0.15, -0.1) is 0 Å². The molecule has 0 aliphatic heterocycles. The van der Waals surface area contributed by atoms with Crippen LogP contribution in [0, 0.1) is 13.8 Å². The molecule has 9 nitrogen and oxygen atoms in total. The SMILES string of the molecule is Cc1nc2c3ccccc3nn2c(C)c1CCC(=O)Nc1ccccc1C(=O)NCCC(N)=O. The second-order valence-corrected chi connectivity index (χ2v) is 8.08. The minimum absolute atomic E-state index is 0.0448. The lowest BCUT2D eigenvalue weighted by Gasteiger charge is -2.13. The summed E-state index contributed by atoms with van der Waals surface area (Å²) in [6.45, 7) is 4.05. The van der Waals surface area contributed by atoms with Crippen LogP contribution in [-0.4, -0.2) is 38.9 Å². The van der Waals surface area contributed by atoms with Crippen LogP contribution < -0.4 is 16.4 Å². The van der Waals surface area contributed by atoms with Gasteiger partial charge < -0.3 is 16.4 Å². The summed E-state index contributed by atoms with van der Waals surface area (Å²) in [5, 5.41) is 11.1. The molecule has 4 N–H and O–H groups in total. The summed E-state index contributed by atoms with van der Waals surface area (Å²) in [6, 6.07) is 14.6. The second-order valence-electron chi connectivity index (χ2n) is 8.08. The van der Waals surface area contributed by atoms with Crippen LogP contribution in [0.3, 0.4) is 0 Å². The topological polar surface area (TPSA) is 131 Å². The average Bonchev–Trinajstić information content (AvgIpc) is 3.18. The molecule has 2 heterocycles. The molecule has 0 fully saturated rings. The first kappa shape index (κ1) is 22.9. The van der Waals surface area contributed by atoms with E-state index in [0.29, 0.717) is 17.7 Å². The first-order chi connectivity index (χ1) is 16.3. The van der Waals surface area contributed by atoms with E-state index in [2.05, 4.69) is 15.7 Å². The van der Waals surface area contributed by atoms with Crippen molar-refractivity contribution in [3.63, 3.8) is 0 Å². The molecule has 34 heavy (non-hydrogen) atoms. The third kappa shape index (κ3) is 4.73. The molecule has 4 rings (SSSR count). The van der Waals surface area contributed by atoms with Crippen molar-refractivity contribution in [1.29, 1.82) is 0 Å². The summed E-state index contributed by atoms with van der Waals surface area (Å²) in [6.07, 6.45) is 0.742. The zero-order valence-corrected chi connectivity index (χ0v) is 19.1. The molecule has 4 aromatic rings. The van der Waals surface area contributed by atoms with E-state index in [-0.39, 0.29) is 31.2 Å². The van der Waals surface area contributed by atoms with Crippen molar-refractivity contribution < 1.29 is 14.4 Å². The number of para-hydroxylation sites is 1. The molecule has 0 aliphatic rings. The molecule has 0 radical (unpaired) electrons. The molecule has 0 spiro atoms. The third-order valence-corrected chi connectivity index (χ3v) is 5.72. The van der Waals surface area contributed by atoms with E-state index in [1.165, 1.54) is 0 Å². The molecule has 174 valence electrons. The Morgan fingerprint density at radius 2 is 1.74 bits per heavy atom. The lowest BCUT2D eigenvalue weighted by atomic mass is 10.1. The van der Waals surface area contributed by atoms with Gasteiger partial charge in [-0.3, -0.25) is 14.4 Å². The second kappa shape index (κ2) is 9.70. The van der Waals surface area contributed by atoms with Crippen molar-refractivity contribution in [3.05, 3.63) is 71.0 Å². The van der Waals surface area contributed by atoms with Gasteiger partial charge in [0.25, 0.3) is 5.91 Å². The maximum Gasteiger partial charge on any atom is 0.253 e. The van der Waals surface area contributed by atoms with E-state index in [1.54, 1.807) is 24.3 Å². The summed E-state index contributed by atoms with van der Waals surface area (Å²) in [5.41, 5.74) is 10.3. The molecular formula is C25H26N6O3. The van der Waals surface area contributed by atoms with E-state index in [1.807, 2.05) is 42.6 Å². The Morgan fingerprint density at radius 3 is 2.53 bits per heavy atom. The average molecular weight is 459 g/mol. The molecule has 2 aromatic carbocycles. The minimum Gasteiger partial charge on any atom is -0.370 e. The van der Waals surface area contributed by atoms with Crippen LogP contribution in [0.4, 0.5) is 5.69 Å². The maximum atomic E-state index is 12.7. The van der Waals surface area contributed by atoms with Crippen molar-refractivity contribution in [2.75, 3.05) is 11.9 Å². The fourth-order valence-electron chi connectivity index (χ4n) is 3.97. The van der Waals surface area contributed by atoms with Gasteiger partial charge in [0.15, 0.2) is 5.65 Å². The summed E-state index contributed by atoms with van der Waals surface area (Å²) >= 11 is 0. The molecule has 9 heteroatoms. The van der Waals surface area contributed by atoms with E-state index in [4.69, 9.17) is 10.7 Å². The summed E-state index contributed by atoms with van der Waals surface area (Å²) in [5.74, 6) is -1.10. The quantitative estimate of drug-likeness (QED) is 0.374. The van der Waals surface area contributed by atoms with Crippen LogP contribution in [-0.2, 0) is 16.0 Å². The van der Waals surface area contributed by atoms with E-state index >= 15 is 0 Å². The molecule has 0 saturated heterocycles. The normalized spacial score (nSPS) is 11.0. The van der Waals surface area contributed by atoms with Gasteiger partial charge in [-0.1, -0.05) is 24.3 Å². The Bertz CT molecular complexity index is 1410. The number of primary amides is 1.